The predicted molar refractivity (Wildman–Crippen MR) is 141 cm³/mol. The van der Waals surface area contributed by atoms with Crippen molar-refractivity contribution in [1.82, 2.24) is 0 Å². The molecule has 30 heavy (non-hydrogen) atoms. The highest BCUT2D eigenvalue weighted by Gasteiger charge is 1.98. The maximum atomic E-state index is 4.33. The first-order chi connectivity index (χ1) is 14.8. The average molecular weight is 421 g/mol. The molecule has 0 fully saturated rings. The molecule has 0 aromatic carbocycles. The van der Waals surface area contributed by atoms with Gasteiger partial charge < -0.3 is 0 Å². The molecule has 0 saturated heterocycles. The topological polar surface area (TPSA) is 0 Å². The molecule has 0 atom stereocenters. The van der Waals surface area contributed by atoms with Crippen LogP contribution in [-0.2, 0) is 0 Å². The van der Waals surface area contributed by atoms with Crippen molar-refractivity contribution in [2.45, 2.75) is 181 Å². The Hall–Kier alpha value is -0.260. The largest absolute Gasteiger partial charge is 0.0999 e. The average Bonchev–Trinajstić information content (AvgIpc) is 2.75. The van der Waals surface area contributed by atoms with Crippen LogP contribution >= 0.6 is 0 Å². The highest BCUT2D eigenvalue weighted by molar-refractivity contribution is 4.93. The van der Waals surface area contributed by atoms with E-state index in [1.807, 2.05) is 0 Å². The SMILES string of the molecule is C=C(CCCCCCCCCCCCC)CCCCCCCCCCCCCCC. The van der Waals surface area contributed by atoms with Gasteiger partial charge in [0.25, 0.3) is 0 Å². The molecule has 0 nitrogen and oxygen atoms in total. The fraction of sp³-hybridized carbons (Fsp3) is 0.933. The molecule has 0 amide bonds. The van der Waals surface area contributed by atoms with Gasteiger partial charge in [0.1, 0.15) is 0 Å². The first kappa shape index (κ1) is 29.7. The van der Waals surface area contributed by atoms with E-state index >= 15 is 0 Å². The van der Waals surface area contributed by atoms with Crippen molar-refractivity contribution in [3.8, 4) is 0 Å². The second kappa shape index (κ2) is 26.8. The number of allylic oxidation sites excluding steroid dienone is 1. The third-order valence-electron chi connectivity index (χ3n) is 6.77. The predicted octanol–water partition coefficient (Wildman–Crippen LogP) is 11.7. The summed E-state index contributed by atoms with van der Waals surface area (Å²) >= 11 is 0. The summed E-state index contributed by atoms with van der Waals surface area (Å²) in [6.45, 7) is 8.93. The monoisotopic (exact) mass is 420 g/mol. The minimum Gasteiger partial charge on any atom is -0.0999 e. The minimum atomic E-state index is 1.29. The number of unbranched alkanes of at least 4 members (excludes halogenated alkanes) is 22. The first-order valence-corrected chi connectivity index (χ1v) is 14.5. The van der Waals surface area contributed by atoms with E-state index in [2.05, 4.69) is 20.4 Å². The Bertz CT molecular complexity index is 316. The van der Waals surface area contributed by atoms with E-state index in [0.717, 1.165) is 0 Å². The van der Waals surface area contributed by atoms with Crippen molar-refractivity contribution in [3.05, 3.63) is 12.2 Å². The smallest absolute Gasteiger partial charge is 0.0323 e. The molecule has 0 unspecified atom stereocenters. The molecular weight excluding hydrogens is 360 g/mol. The van der Waals surface area contributed by atoms with Crippen LogP contribution in [0.5, 0.6) is 0 Å². The Morgan fingerprint density at radius 3 is 0.767 bits per heavy atom. The van der Waals surface area contributed by atoms with Gasteiger partial charge in [-0.3, -0.25) is 0 Å². The van der Waals surface area contributed by atoms with Gasteiger partial charge in [0.15, 0.2) is 0 Å². The van der Waals surface area contributed by atoms with Gasteiger partial charge in [0, 0.05) is 0 Å². The van der Waals surface area contributed by atoms with Gasteiger partial charge in [-0.1, -0.05) is 167 Å². The van der Waals surface area contributed by atoms with Crippen molar-refractivity contribution in [1.29, 1.82) is 0 Å². The Morgan fingerprint density at radius 2 is 0.533 bits per heavy atom. The maximum Gasteiger partial charge on any atom is -0.0323 e. The Morgan fingerprint density at radius 1 is 0.333 bits per heavy atom. The summed E-state index contributed by atoms with van der Waals surface area (Å²) in [7, 11) is 0. The summed E-state index contributed by atoms with van der Waals surface area (Å²) in [5.74, 6) is 0. The molecule has 0 radical (unpaired) electrons. The van der Waals surface area contributed by atoms with Gasteiger partial charge in [-0.25, -0.2) is 0 Å². The fourth-order valence-electron chi connectivity index (χ4n) is 4.56. The molecule has 0 heterocycles. The second-order valence-corrected chi connectivity index (χ2v) is 10.0. The van der Waals surface area contributed by atoms with Crippen LogP contribution in [0.25, 0.3) is 0 Å². The molecular formula is C30H60. The second-order valence-electron chi connectivity index (χ2n) is 10.0. The Balaban J connectivity index is 3.13. The summed E-state index contributed by atoms with van der Waals surface area (Å²) < 4.78 is 0. The summed E-state index contributed by atoms with van der Waals surface area (Å²) in [5.41, 5.74) is 1.52. The van der Waals surface area contributed by atoms with E-state index in [4.69, 9.17) is 0 Å². The fourth-order valence-corrected chi connectivity index (χ4v) is 4.56. The van der Waals surface area contributed by atoms with E-state index < -0.39 is 0 Å². The van der Waals surface area contributed by atoms with E-state index in [-0.39, 0.29) is 0 Å². The molecule has 0 N–H and O–H groups in total. The van der Waals surface area contributed by atoms with Crippen LogP contribution in [-0.4, -0.2) is 0 Å². The van der Waals surface area contributed by atoms with Crippen LogP contribution < -0.4 is 0 Å². The van der Waals surface area contributed by atoms with E-state index in [9.17, 15) is 0 Å². The molecule has 0 rings (SSSR count). The number of hydrogen-bond acceptors (Lipinski definition) is 0. The molecule has 0 saturated carbocycles. The highest BCUT2D eigenvalue weighted by atomic mass is 14.0. The lowest BCUT2D eigenvalue weighted by Crippen LogP contribution is -1.87. The third kappa shape index (κ3) is 25.8. The van der Waals surface area contributed by atoms with Gasteiger partial charge >= 0.3 is 0 Å². The van der Waals surface area contributed by atoms with Crippen LogP contribution in [0.1, 0.15) is 181 Å². The van der Waals surface area contributed by atoms with Gasteiger partial charge in [-0.05, 0) is 25.7 Å². The Kier molecular flexibility index (Phi) is 26.5. The zero-order valence-electron chi connectivity index (χ0n) is 21.6. The first-order valence-electron chi connectivity index (χ1n) is 14.5. The Labute approximate surface area is 193 Å². The summed E-state index contributed by atoms with van der Waals surface area (Å²) in [6.07, 6.45) is 37.2. The molecule has 0 aliphatic carbocycles. The number of rotatable bonds is 26. The highest BCUT2D eigenvalue weighted by Crippen LogP contribution is 2.18. The van der Waals surface area contributed by atoms with Crippen molar-refractivity contribution in [2.75, 3.05) is 0 Å². The van der Waals surface area contributed by atoms with Crippen LogP contribution in [0, 0.1) is 0 Å². The molecule has 0 aliphatic rings. The molecule has 0 bridgehead atoms. The normalized spacial score (nSPS) is 11.3. The minimum absolute atomic E-state index is 1.29. The lowest BCUT2D eigenvalue weighted by Gasteiger charge is -2.06. The maximum absolute atomic E-state index is 4.33. The molecule has 0 aromatic rings. The molecule has 180 valence electrons. The third-order valence-corrected chi connectivity index (χ3v) is 6.77. The van der Waals surface area contributed by atoms with Crippen molar-refractivity contribution in [3.63, 3.8) is 0 Å². The van der Waals surface area contributed by atoms with Gasteiger partial charge in [-0.2, -0.15) is 0 Å². The molecule has 0 spiro atoms. The summed E-state index contributed by atoms with van der Waals surface area (Å²) in [4.78, 5) is 0. The van der Waals surface area contributed by atoms with E-state index in [1.54, 1.807) is 0 Å². The summed E-state index contributed by atoms with van der Waals surface area (Å²) in [5, 5.41) is 0. The lowest BCUT2D eigenvalue weighted by molar-refractivity contribution is 0.536. The standard InChI is InChI=1S/C30H60/c1-4-6-8-10-12-14-16-17-19-21-23-25-27-29-30(3)28-26-24-22-20-18-15-13-11-9-7-5-2/h3-29H2,1-2H3. The quantitative estimate of drug-likeness (QED) is 0.0963. The molecule has 0 heteroatoms. The van der Waals surface area contributed by atoms with Crippen LogP contribution in [0.3, 0.4) is 0 Å². The van der Waals surface area contributed by atoms with Gasteiger partial charge in [-0.15, -0.1) is 0 Å². The lowest BCUT2D eigenvalue weighted by atomic mass is 10.00. The molecule has 0 aliphatic heterocycles. The molecule has 0 aromatic heterocycles. The van der Waals surface area contributed by atoms with Crippen molar-refractivity contribution < 1.29 is 0 Å². The zero-order valence-corrected chi connectivity index (χ0v) is 21.6. The van der Waals surface area contributed by atoms with Crippen LogP contribution in [0.15, 0.2) is 12.2 Å². The van der Waals surface area contributed by atoms with Gasteiger partial charge in [0.05, 0.1) is 0 Å². The van der Waals surface area contributed by atoms with Crippen molar-refractivity contribution >= 4 is 0 Å². The van der Waals surface area contributed by atoms with E-state index in [0.29, 0.717) is 0 Å². The van der Waals surface area contributed by atoms with Crippen molar-refractivity contribution in [2.24, 2.45) is 0 Å². The van der Waals surface area contributed by atoms with Crippen LogP contribution in [0.4, 0.5) is 0 Å². The van der Waals surface area contributed by atoms with Gasteiger partial charge in [0.2, 0.25) is 0 Å². The zero-order chi connectivity index (χ0) is 22.0. The van der Waals surface area contributed by atoms with E-state index in [1.165, 1.54) is 173 Å². The van der Waals surface area contributed by atoms with Crippen LogP contribution in [0.2, 0.25) is 0 Å². The number of hydrogen-bond donors (Lipinski definition) is 0. The summed E-state index contributed by atoms with van der Waals surface area (Å²) in [6, 6.07) is 0.